The molecule has 2 aliphatic rings. The van der Waals surface area contributed by atoms with Crippen molar-refractivity contribution in [3.8, 4) is 0 Å². The van der Waals surface area contributed by atoms with Gasteiger partial charge in [0.15, 0.2) is 5.78 Å². The van der Waals surface area contributed by atoms with Crippen molar-refractivity contribution in [2.75, 3.05) is 0 Å². The van der Waals surface area contributed by atoms with Gasteiger partial charge in [0.1, 0.15) is 0 Å². The first-order valence-electron chi connectivity index (χ1n) is 4.71. The lowest BCUT2D eigenvalue weighted by molar-refractivity contribution is -0.111. The molecule has 1 nitrogen and oxygen atoms in total. The number of hydrogen-bond acceptors (Lipinski definition) is 1. The minimum Gasteiger partial charge on any atom is -0.289 e. The maximum Gasteiger partial charge on any atom is 0.193 e. The minimum absolute atomic E-state index is 0.107. The lowest BCUT2D eigenvalue weighted by Crippen LogP contribution is -1.97. The summed E-state index contributed by atoms with van der Waals surface area (Å²) in [6.45, 7) is 5.65. The first-order chi connectivity index (χ1) is 6.75. The lowest BCUT2D eigenvalue weighted by Gasteiger charge is -1.98. The number of carbonyl (C=O) groups is 1. The molecule has 0 aromatic carbocycles. The third kappa shape index (κ3) is 1.13. The molecule has 0 unspecified atom stereocenters. The molecule has 0 aliphatic heterocycles. The quantitative estimate of drug-likeness (QED) is 0.612. The van der Waals surface area contributed by atoms with Gasteiger partial charge in [-0.1, -0.05) is 37.0 Å². The fraction of sp³-hybridized carbons (Fsp3) is 0.154. The van der Waals surface area contributed by atoms with E-state index in [1.807, 2.05) is 25.2 Å². The molecule has 0 saturated heterocycles. The topological polar surface area (TPSA) is 17.1 Å². The Hall–Kier alpha value is -1.63. The standard InChI is InChI=1S/C13H12O/c1-3-10-9(2)11-7-5-4-6-8-12(11)13(10)14/h3-4,6-8H,1,5H2,2H3. The molecule has 0 saturated carbocycles. The Balaban J connectivity index is 2.60. The summed E-state index contributed by atoms with van der Waals surface area (Å²) in [6.07, 6.45) is 10.5. The van der Waals surface area contributed by atoms with E-state index in [0.717, 1.165) is 28.7 Å². The molecule has 1 heteroatoms. The van der Waals surface area contributed by atoms with E-state index in [9.17, 15) is 4.79 Å². The first-order valence-corrected chi connectivity index (χ1v) is 4.71. The summed E-state index contributed by atoms with van der Waals surface area (Å²) in [5.74, 6) is 0.107. The van der Waals surface area contributed by atoms with Crippen LogP contribution in [-0.2, 0) is 4.79 Å². The molecule has 0 spiro atoms. The van der Waals surface area contributed by atoms with E-state index in [1.165, 1.54) is 0 Å². The molecule has 0 bridgehead atoms. The molecular weight excluding hydrogens is 172 g/mol. The molecule has 0 heterocycles. The Kier molecular flexibility index (Phi) is 2.08. The number of allylic oxidation sites excluding steroid dienone is 9. The number of Topliss-reactive ketones (excluding diaryl/α,β-unsaturated/α-hetero) is 1. The van der Waals surface area contributed by atoms with Crippen LogP contribution in [0.1, 0.15) is 13.3 Å². The van der Waals surface area contributed by atoms with Gasteiger partial charge < -0.3 is 0 Å². The van der Waals surface area contributed by atoms with Gasteiger partial charge in [-0.3, -0.25) is 4.79 Å². The van der Waals surface area contributed by atoms with E-state index in [0.29, 0.717) is 0 Å². The third-order valence-corrected chi connectivity index (χ3v) is 2.65. The van der Waals surface area contributed by atoms with Gasteiger partial charge in [0.2, 0.25) is 0 Å². The maximum absolute atomic E-state index is 11.9. The molecule has 0 fully saturated rings. The van der Waals surface area contributed by atoms with Crippen LogP contribution < -0.4 is 0 Å². The van der Waals surface area contributed by atoms with Gasteiger partial charge >= 0.3 is 0 Å². The van der Waals surface area contributed by atoms with Crippen LogP contribution in [0.2, 0.25) is 0 Å². The normalized spacial score (nSPS) is 20.2. The summed E-state index contributed by atoms with van der Waals surface area (Å²) < 4.78 is 0. The Bertz CT molecular complexity index is 428. The fourth-order valence-electron chi connectivity index (χ4n) is 1.89. The maximum atomic E-state index is 11.9. The van der Waals surface area contributed by atoms with E-state index in [1.54, 1.807) is 6.08 Å². The minimum atomic E-state index is 0.107. The van der Waals surface area contributed by atoms with Crippen molar-refractivity contribution in [2.24, 2.45) is 0 Å². The van der Waals surface area contributed by atoms with E-state index in [2.05, 4.69) is 12.7 Å². The summed E-state index contributed by atoms with van der Waals surface area (Å²) in [4.78, 5) is 11.9. The highest BCUT2D eigenvalue weighted by molar-refractivity contribution is 6.18. The van der Waals surface area contributed by atoms with Crippen LogP contribution >= 0.6 is 0 Å². The van der Waals surface area contributed by atoms with Crippen LogP contribution in [-0.4, -0.2) is 5.78 Å². The van der Waals surface area contributed by atoms with E-state index >= 15 is 0 Å². The van der Waals surface area contributed by atoms with Crippen molar-refractivity contribution in [1.82, 2.24) is 0 Å². The average molecular weight is 184 g/mol. The van der Waals surface area contributed by atoms with Gasteiger partial charge in [0.05, 0.1) is 0 Å². The molecule has 0 amide bonds. The SMILES string of the molecule is C=CC1=C(C)C2=CCC=CC=C2C1=O. The highest BCUT2D eigenvalue weighted by Crippen LogP contribution is 2.34. The van der Waals surface area contributed by atoms with Crippen molar-refractivity contribution in [1.29, 1.82) is 0 Å². The fourth-order valence-corrected chi connectivity index (χ4v) is 1.89. The van der Waals surface area contributed by atoms with Crippen LogP contribution in [0.25, 0.3) is 0 Å². The van der Waals surface area contributed by atoms with Gasteiger partial charge in [-0.2, -0.15) is 0 Å². The third-order valence-electron chi connectivity index (χ3n) is 2.65. The second kappa shape index (κ2) is 3.26. The van der Waals surface area contributed by atoms with Crippen LogP contribution in [0.15, 0.2) is 59.3 Å². The zero-order valence-electron chi connectivity index (χ0n) is 8.21. The van der Waals surface area contributed by atoms with Crippen LogP contribution in [0, 0.1) is 0 Å². The van der Waals surface area contributed by atoms with E-state index < -0.39 is 0 Å². The van der Waals surface area contributed by atoms with Gasteiger partial charge in [0, 0.05) is 11.1 Å². The molecule has 0 atom stereocenters. The lowest BCUT2D eigenvalue weighted by atomic mass is 10.0. The zero-order valence-corrected chi connectivity index (χ0v) is 8.21. The molecule has 70 valence electrons. The number of fused-ring (bicyclic) bond motifs is 1. The molecule has 2 rings (SSSR count). The second-order valence-electron chi connectivity index (χ2n) is 3.43. The highest BCUT2D eigenvalue weighted by atomic mass is 16.1. The number of carbonyl (C=O) groups excluding carboxylic acids is 1. The van der Waals surface area contributed by atoms with Gasteiger partial charge in [-0.25, -0.2) is 0 Å². The number of hydrogen-bond donors (Lipinski definition) is 0. The Morgan fingerprint density at radius 1 is 1.43 bits per heavy atom. The van der Waals surface area contributed by atoms with Gasteiger partial charge in [0.25, 0.3) is 0 Å². The molecule has 0 N–H and O–H groups in total. The Labute approximate surface area is 83.8 Å². The molecular formula is C13H12O. The smallest absolute Gasteiger partial charge is 0.193 e. The predicted molar refractivity (Wildman–Crippen MR) is 57.8 cm³/mol. The molecule has 0 aromatic heterocycles. The van der Waals surface area contributed by atoms with Crippen molar-refractivity contribution >= 4 is 5.78 Å². The number of ketones is 1. The van der Waals surface area contributed by atoms with Crippen molar-refractivity contribution in [3.05, 3.63) is 59.3 Å². The van der Waals surface area contributed by atoms with Crippen LogP contribution in [0.3, 0.4) is 0 Å². The Morgan fingerprint density at radius 3 is 2.93 bits per heavy atom. The van der Waals surface area contributed by atoms with Crippen LogP contribution in [0.4, 0.5) is 0 Å². The largest absolute Gasteiger partial charge is 0.289 e. The summed E-state index contributed by atoms with van der Waals surface area (Å²) >= 11 is 0. The van der Waals surface area contributed by atoms with Crippen molar-refractivity contribution < 1.29 is 4.79 Å². The van der Waals surface area contributed by atoms with Gasteiger partial charge in [-0.05, 0) is 24.5 Å². The molecule has 0 radical (unpaired) electrons. The van der Waals surface area contributed by atoms with Crippen LogP contribution in [0.5, 0.6) is 0 Å². The van der Waals surface area contributed by atoms with E-state index in [4.69, 9.17) is 0 Å². The average Bonchev–Trinajstić information content (AvgIpc) is 2.39. The van der Waals surface area contributed by atoms with Gasteiger partial charge in [-0.15, -0.1) is 0 Å². The zero-order chi connectivity index (χ0) is 10.1. The summed E-state index contributed by atoms with van der Waals surface area (Å²) in [5, 5.41) is 0. The highest BCUT2D eigenvalue weighted by Gasteiger charge is 2.27. The van der Waals surface area contributed by atoms with Crippen molar-refractivity contribution in [3.63, 3.8) is 0 Å². The number of rotatable bonds is 1. The Morgan fingerprint density at radius 2 is 2.21 bits per heavy atom. The molecule has 14 heavy (non-hydrogen) atoms. The van der Waals surface area contributed by atoms with Crippen molar-refractivity contribution in [2.45, 2.75) is 13.3 Å². The first kappa shape index (κ1) is 8.95. The summed E-state index contributed by atoms with van der Waals surface area (Å²) in [6, 6.07) is 0. The molecule has 2 aliphatic carbocycles. The summed E-state index contributed by atoms with van der Waals surface area (Å²) in [7, 11) is 0. The second-order valence-corrected chi connectivity index (χ2v) is 3.43. The van der Waals surface area contributed by atoms with E-state index in [-0.39, 0.29) is 5.78 Å². The molecule has 0 aromatic rings. The summed E-state index contributed by atoms with van der Waals surface area (Å²) in [5.41, 5.74) is 3.69. The monoisotopic (exact) mass is 184 g/mol. The predicted octanol–water partition coefficient (Wildman–Crippen LogP) is 2.88.